The molecule has 0 fully saturated rings. The topological polar surface area (TPSA) is 77.0 Å². The zero-order chi connectivity index (χ0) is 21.4. The van der Waals surface area contributed by atoms with Crippen molar-refractivity contribution in [3.05, 3.63) is 64.2 Å². The Bertz CT molecular complexity index is 915. The summed E-state index contributed by atoms with van der Waals surface area (Å²) in [6, 6.07) is 7.87. The third-order valence-electron chi connectivity index (χ3n) is 3.75. The first-order chi connectivity index (χ1) is 13.8. The van der Waals surface area contributed by atoms with Crippen LogP contribution in [-0.2, 0) is 6.54 Å². The molecular formula is C20H19ClF3N3O2. The molecule has 29 heavy (non-hydrogen) atoms. The van der Waals surface area contributed by atoms with Gasteiger partial charge in [-0.15, -0.1) is 0 Å². The number of benzene rings is 2. The Balaban J connectivity index is 2.03. The van der Waals surface area contributed by atoms with Gasteiger partial charge >= 0.3 is 0 Å². The van der Waals surface area contributed by atoms with Crippen LogP contribution in [0.15, 0.2) is 46.4 Å². The lowest BCUT2D eigenvalue weighted by Crippen LogP contribution is -2.16. The van der Waals surface area contributed by atoms with Gasteiger partial charge in [-0.05, 0) is 24.3 Å². The van der Waals surface area contributed by atoms with E-state index in [0.29, 0.717) is 10.6 Å². The number of nitrogens with two attached hydrogens (primary N) is 1. The van der Waals surface area contributed by atoms with Crippen molar-refractivity contribution in [2.75, 3.05) is 0 Å². The monoisotopic (exact) mass is 425 g/mol. The molecule has 0 spiro atoms. The van der Waals surface area contributed by atoms with Gasteiger partial charge in [0, 0.05) is 29.6 Å². The molecule has 0 aliphatic rings. The largest absolute Gasteiger partial charge is 0.460 e. The Morgan fingerprint density at radius 3 is 2.55 bits per heavy atom. The van der Waals surface area contributed by atoms with Crippen LogP contribution in [0.3, 0.4) is 0 Å². The van der Waals surface area contributed by atoms with Crippen LogP contribution in [0.4, 0.5) is 13.2 Å². The van der Waals surface area contributed by atoms with Crippen molar-refractivity contribution in [3.63, 3.8) is 0 Å². The minimum Gasteiger partial charge on any atom is -0.460 e. The van der Waals surface area contributed by atoms with Gasteiger partial charge in [0.15, 0.2) is 0 Å². The fourth-order valence-corrected chi connectivity index (χ4v) is 2.50. The van der Waals surface area contributed by atoms with E-state index in [1.54, 1.807) is 25.1 Å². The molecule has 0 aliphatic carbocycles. The van der Waals surface area contributed by atoms with Gasteiger partial charge in [0.05, 0.1) is 6.54 Å². The summed E-state index contributed by atoms with van der Waals surface area (Å²) in [5, 5.41) is 0.356. The Kier molecular flexibility index (Phi) is 8.21. The van der Waals surface area contributed by atoms with Crippen LogP contribution in [0.2, 0.25) is 5.02 Å². The van der Waals surface area contributed by atoms with Gasteiger partial charge in [0.2, 0.25) is 6.36 Å². The van der Waals surface area contributed by atoms with Crippen LogP contribution in [0, 0.1) is 11.6 Å². The fourth-order valence-electron chi connectivity index (χ4n) is 2.27. The summed E-state index contributed by atoms with van der Waals surface area (Å²) in [6.45, 7) is 1.72. The average Bonchev–Trinajstić information content (AvgIpc) is 2.66. The minimum absolute atomic E-state index is 0.0385. The van der Waals surface area contributed by atoms with Gasteiger partial charge in [-0.1, -0.05) is 30.7 Å². The Morgan fingerprint density at radius 1 is 1.24 bits per heavy atom. The minimum atomic E-state index is -1.47. The number of hydrogen-bond donors (Lipinski definition) is 1. The number of carbonyl (C=O) groups is 1. The maximum absolute atomic E-state index is 13.6. The van der Waals surface area contributed by atoms with Gasteiger partial charge in [-0.3, -0.25) is 9.79 Å². The zero-order valence-corrected chi connectivity index (χ0v) is 16.3. The predicted molar refractivity (Wildman–Crippen MR) is 106 cm³/mol. The molecule has 0 aromatic heterocycles. The smallest absolute Gasteiger partial charge is 0.284 e. The highest BCUT2D eigenvalue weighted by molar-refractivity contribution is 6.31. The molecule has 9 heteroatoms. The summed E-state index contributed by atoms with van der Waals surface area (Å²) in [4.78, 5) is 19.5. The maximum Gasteiger partial charge on any atom is 0.284 e. The summed E-state index contributed by atoms with van der Waals surface area (Å²) >= 11 is 6.12. The van der Waals surface area contributed by atoms with Crippen LogP contribution < -0.4 is 10.5 Å². The first-order valence-corrected chi connectivity index (χ1v) is 9.09. The molecule has 154 valence electrons. The normalized spacial score (nSPS) is 12.9. The lowest BCUT2D eigenvalue weighted by atomic mass is 10.2. The summed E-state index contributed by atoms with van der Waals surface area (Å²) < 4.78 is 45.9. The molecule has 2 rings (SSSR count). The standard InChI is InChI=1S/C20H19ClF3N3O2/c1-2-17(24)29-16-8-3-5-13(21)12(16)11-26-10-9-18(25)27-20(28)19-14(22)6-4-7-15(19)23/h3-8,10,17H,2,9,11H2,1H3,(H2,25,27,28). The summed E-state index contributed by atoms with van der Waals surface area (Å²) in [7, 11) is 0. The van der Waals surface area contributed by atoms with Crippen molar-refractivity contribution in [1.29, 1.82) is 0 Å². The third-order valence-corrected chi connectivity index (χ3v) is 4.11. The SMILES string of the molecule is CCC(F)Oc1cccc(Cl)c1CN=CCC(N)=NC(=O)c1c(F)cccc1F. The highest BCUT2D eigenvalue weighted by Gasteiger charge is 2.16. The Labute approximate surface area is 171 Å². The van der Waals surface area contributed by atoms with Gasteiger partial charge < -0.3 is 10.5 Å². The zero-order valence-electron chi connectivity index (χ0n) is 15.5. The van der Waals surface area contributed by atoms with Gasteiger partial charge in [-0.25, -0.2) is 13.2 Å². The van der Waals surface area contributed by atoms with E-state index in [4.69, 9.17) is 22.1 Å². The molecule has 2 aromatic rings. The number of ether oxygens (including phenoxy) is 1. The van der Waals surface area contributed by atoms with Crippen LogP contribution in [0.1, 0.15) is 35.7 Å². The molecule has 5 nitrogen and oxygen atoms in total. The second-order valence-corrected chi connectivity index (χ2v) is 6.29. The molecule has 1 unspecified atom stereocenters. The first-order valence-electron chi connectivity index (χ1n) is 8.71. The molecule has 2 aromatic carbocycles. The van der Waals surface area contributed by atoms with Crippen LogP contribution in [0.5, 0.6) is 5.75 Å². The van der Waals surface area contributed by atoms with E-state index in [1.807, 2.05) is 0 Å². The predicted octanol–water partition coefficient (Wildman–Crippen LogP) is 4.86. The molecule has 1 amide bonds. The highest BCUT2D eigenvalue weighted by Crippen LogP contribution is 2.28. The third kappa shape index (κ3) is 6.32. The molecule has 0 aliphatic heterocycles. The summed E-state index contributed by atoms with van der Waals surface area (Å²) in [6.07, 6.45) is 0.0369. The maximum atomic E-state index is 13.6. The number of carbonyl (C=O) groups excluding carboxylic acids is 1. The van der Waals surface area contributed by atoms with E-state index in [1.165, 1.54) is 6.21 Å². The summed E-state index contributed by atoms with van der Waals surface area (Å²) in [5.74, 6) is -3.07. The second kappa shape index (κ2) is 10.6. The van der Waals surface area contributed by atoms with Crippen LogP contribution in [0.25, 0.3) is 0 Å². The van der Waals surface area contributed by atoms with E-state index in [2.05, 4.69) is 9.98 Å². The molecule has 2 N–H and O–H groups in total. The van der Waals surface area contributed by atoms with Crippen molar-refractivity contribution in [3.8, 4) is 5.75 Å². The fraction of sp³-hybridized carbons (Fsp3) is 0.250. The van der Waals surface area contributed by atoms with E-state index in [9.17, 15) is 18.0 Å². The number of amidine groups is 1. The van der Waals surface area contributed by atoms with Crippen LogP contribution >= 0.6 is 11.6 Å². The number of alkyl halides is 1. The van der Waals surface area contributed by atoms with Gasteiger partial charge in [0.25, 0.3) is 5.91 Å². The van der Waals surface area contributed by atoms with Gasteiger partial charge in [0.1, 0.15) is 28.8 Å². The van der Waals surface area contributed by atoms with Crippen molar-refractivity contribution >= 4 is 29.6 Å². The molecule has 0 bridgehead atoms. The first kappa shape index (κ1) is 22.4. The van der Waals surface area contributed by atoms with Crippen molar-refractivity contribution in [2.45, 2.75) is 32.7 Å². The lowest BCUT2D eigenvalue weighted by Gasteiger charge is -2.13. The molecule has 0 radical (unpaired) electrons. The molecular weight excluding hydrogens is 407 g/mol. The summed E-state index contributed by atoms with van der Waals surface area (Å²) in [5.41, 5.74) is 5.34. The Hall–Kier alpha value is -2.87. The number of halogens is 4. The highest BCUT2D eigenvalue weighted by atomic mass is 35.5. The van der Waals surface area contributed by atoms with Crippen molar-refractivity contribution in [1.82, 2.24) is 0 Å². The quantitative estimate of drug-likeness (QED) is 0.484. The van der Waals surface area contributed by atoms with E-state index < -0.39 is 29.5 Å². The number of hydrogen-bond acceptors (Lipinski definition) is 3. The Morgan fingerprint density at radius 2 is 1.90 bits per heavy atom. The second-order valence-electron chi connectivity index (χ2n) is 5.89. The number of nitrogens with zero attached hydrogens (tertiary/aromatic N) is 2. The van der Waals surface area contributed by atoms with E-state index in [-0.39, 0.29) is 31.0 Å². The van der Waals surface area contributed by atoms with Gasteiger partial charge in [-0.2, -0.15) is 4.99 Å². The lowest BCUT2D eigenvalue weighted by molar-refractivity contribution is 0.0632. The number of aliphatic imine (C=N–C) groups is 2. The van der Waals surface area contributed by atoms with Crippen molar-refractivity contribution < 1.29 is 22.7 Å². The number of amides is 1. The molecule has 0 heterocycles. The van der Waals surface area contributed by atoms with E-state index >= 15 is 0 Å². The molecule has 0 saturated carbocycles. The van der Waals surface area contributed by atoms with Crippen LogP contribution in [-0.4, -0.2) is 24.3 Å². The molecule has 1 atom stereocenters. The number of rotatable bonds is 8. The molecule has 0 saturated heterocycles. The van der Waals surface area contributed by atoms with E-state index in [0.717, 1.165) is 18.2 Å². The van der Waals surface area contributed by atoms with Crippen molar-refractivity contribution in [2.24, 2.45) is 15.7 Å². The average molecular weight is 426 g/mol.